The van der Waals surface area contributed by atoms with E-state index in [-0.39, 0.29) is 12.0 Å². The van der Waals surface area contributed by atoms with E-state index in [2.05, 4.69) is 41.4 Å². The van der Waals surface area contributed by atoms with Gasteiger partial charge in [-0.1, -0.05) is 20.8 Å². The Bertz CT molecular complexity index is 497. The lowest BCUT2D eigenvalue weighted by atomic mass is 9.95. The molecule has 0 unspecified atom stereocenters. The molecule has 1 aromatic heterocycles. The molecule has 0 aliphatic rings. The first-order chi connectivity index (χ1) is 9.75. The molecule has 0 saturated heterocycles. The van der Waals surface area contributed by atoms with Gasteiger partial charge in [0.15, 0.2) is 0 Å². The zero-order valence-corrected chi connectivity index (χ0v) is 13.4. The minimum Gasteiger partial charge on any atom is -0.448 e. The first-order valence-corrected chi connectivity index (χ1v) is 7.04. The Balaban J connectivity index is 2.95. The number of carbonyl (C=O) groups is 1. The van der Waals surface area contributed by atoms with E-state index in [4.69, 9.17) is 10.5 Å². The van der Waals surface area contributed by atoms with Crippen LogP contribution in [0.15, 0.2) is 0 Å². The van der Waals surface area contributed by atoms with Crippen LogP contribution in [0.1, 0.15) is 39.1 Å². The van der Waals surface area contributed by atoms with E-state index in [1.165, 1.54) is 0 Å². The maximum atomic E-state index is 10.5. The molecule has 0 spiro atoms. The monoisotopic (exact) mass is 295 g/mol. The molecule has 0 aliphatic heterocycles. The van der Waals surface area contributed by atoms with Gasteiger partial charge in [-0.15, -0.1) is 0 Å². The lowest BCUT2D eigenvalue weighted by Crippen LogP contribution is -2.22. The van der Waals surface area contributed by atoms with Crippen molar-refractivity contribution in [1.29, 1.82) is 0 Å². The maximum Gasteiger partial charge on any atom is 0.404 e. The number of nitrogens with one attached hydrogen (secondary N) is 2. The van der Waals surface area contributed by atoms with Crippen LogP contribution >= 0.6 is 0 Å². The average molecular weight is 295 g/mol. The van der Waals surface area contributed by atoms with E-state index in [9.17, 15) is 4.79 Å². The minimum atomic E-state index is -0.778. The molecule has 4 N–H and O–H groups in total. The molecule has 0 aliphatic carbocycles. The highest BCUT2D eigenvalue weighted by atomic mass is 16.5. The fourth-order valence-corrected chi connectivity index (χ4v) is 1.68. The Morgan fingerprint density at radius 3 is 2.29 bits per heavy atom. The van der Waals surface area contributed by atoms with Crippen molar-refractivity contribution in [3.63, 3.8) is 0 Å². The number of hydrogen-bond donors (Lipinski definition) is 3. The number of anilines is 2. The van der Waals surface area contributed by atoms with Crippen molar-refractivity contribution in [2.75, 3.05) is 30.3 Å². The van der Waals surface area contributed by atoms with E-state index in [1.807, 2.05) is 13.8 Å². The van der Waals surface area contributed by atoms with E-state index in [0.29, 0.717) is 6.54 Å². The highest BCUT2D eigenvalue weighted by molar-refractivity contribution is 5.64. The van der Waals surface area contributed by atoms with Crippen molar-refractivity contribution >= 4 is 17.7 Å². The first-order valence-electron chi connectivity index (χ1n) is 7.04. The van der Waals surface area contributed by atoms with Gasteiger partial charge >= 0.3 is 6.09 Å². The SMILES string of the molecule is CCNc1nc(C(C)(C)C)nc(NCCOC(N)=O)c1C. The summed E-state index contributed by atoms with van der Waals surface area (Å²) in [6, 6.07) is 0. The first kappa shape index (κ1) is 17.0. The van der Waals surface area contributed by atoms with E-state index in [0.717, 1.165) is 29.6 Å². The summed E-state index contributed by atoms with van der Waals surface area (Å²) in [6.07, 6.45) is -0.778. The summed E-state index contributed by atoms with van der Waals surface area (Å²) in [5.41, 5.74) is 5.70. The second-order valence-corrected chi connectivity index (χ2v) is 5.74. The molecule has 1 amide bonds. The van der Waals surface area contributed by atoms with Crippen LogP contribution in [-0.4, -0.2) is 35.8 Å². The molecule has 0 radical (unpaired) electrons. The van der Waals surface area contributed by atoms with E-state index < -0.39 is 6.09 Å². The van der Waals surface area contributed by atoms with E-state index in [1.54, 1.807) is 0 Å². The minimum absolute atomic E-state index is 0.155. The Morgan fingerprint density at radius 1 is 1.24 bits per heavy atom. The lowest BCUT2D eigenvalue weighted by molar-refractivity contribution is 0.161. The molecular formula is C14H25N5O2. The summed E-state index contributed by atoms with van der Waals surface area (Å²) in [5, 5.41) is 6.40. The molecule has 7 nitrogen and oxygen atoms in total. The fraction of sp³-hybridized carbons (Fsp3) is 0.643. The lowest BCUT2D eigenvalue weighted by Gasteiger charge is -2.21. The molecule has 0 atom stereocenters. The Kier molecular flexibility index (Phi) is 5.75. The van der Waals surface area contributed by atoms with Crippen LogP contribution < -0.4 is 16.4 Å². The average Bonchev–Trinajstić information content (AvgIpc) is 2.37. The number of ether oxygens (including phenoxy) is 1. The van der Waals surface area contributed by atoms with Gasteiger partial charge in [-0.05, 0) is 13.8 Å². The molecule has 118 valence electrons. The predicted molar refractivity (Wildman–Crippen MR) is 83.7 cm³/mol. The number of hydrogen-bond acceptors (Lipinski definition) is 6. The summed E-state index contributed by atoms with van der Waals surface area (Å²) in [6.45, 7) is 11.6. The highest BCUT2D eigenvalue weighted by Gasteiger charge is 2.21. The Labute approximate surface area is 125 Å². The zero-order chi connectivity index (χ0) is 16.0. The number of primary amides is 1. The standard InChI is InChI=1S/C14H25N5O2/c1-6-16-10-9(2)11(17-7-8-21-13(15)20)19-12(18-10)14(3,4)5/h6-8H2,1-5H3,(H2,15,20)(H2,16,17,18,19). The number of rotatable bonds is 6. The van der Waals surface area contributed by atoms with Crippen LogP contribution in [0.3, 0.4) is 0 Å². The van der Waals surface area contributed by atoms with Crippen LogP contribution in [-0.2, 0) is 10.2 Å². The second kappa shape index (κ2) is 7.10. The quantitative estimate of drug-likeness (QED) is 0.694. The van der Waals surface area contributed by atoms with Gasteiger partial charge in [0, 0.05) is 17.5 Å². The van der Waals surface area contributed by atoms with Gasteiger partial charge in [0.05, 0.1) is 6.54 Å². The van der Waals surface area contributed by atoms with Crippen molar-refractivity contribution in [3.8, 4) is 0 Å². The largest absolute Gasteiger partial charge is 0.448 e. The summed E-state index contributed by atoms with van der Waals surface area (Å²) < 4.78 is 4.70. The van der Waals surface area contributed by atoms with Gasteiger partial charge in [-0.2, -0.15) is 0 Å². The molecule has 0 saturated carbocycles. The third kappa shape index (κ3) is 5.09. The topological polar surface area (TPSA) is 102 Å². The number of aromatic nitrogens is 2. The normalized spacial score (nSPS) is 11.1. The smallest absolute Gasteiger partial charge is 0.404 e. The molecule has 1 rings (SSSR count). The van der Waals surface area contributed by atoms with Crippen LogP contribution in [0, 0.1) is 6.92 Å². The van der Waals surface area contributed by atoms with Gasteiger partial charge < -0.3 is 21.1 Å². The molecule has 0 fully saturated rings. The number of nitrogens with two attached hydrogens (primary N) is 1. The molecule has 7 heteroatoms. The fourth-order valence-electron chi connectivity index (χ4n) is 1.68. The van der Waals surface area contributed by atoms with Crippen molar-refractivity contribution in [1.82, 2.24) is 9.97 Å². The molecule has 1 heterocycles. The molecule has 0 bridgehead atoms. The number of nitrogens with zero attached hydrogens (tertiary/aromatic N) is 2. The van der Waals surface area contributed by atoms with Crippen LogP contribution in [0.4, 0.5) is 16.4 Å². The second-order valence-electron chi connectivity index (χ2n) is 5.74. The Morgan fingerprint density at radius 2 is 1.81 bits per heavy atom. The molecular weight excluding hydrogens is 270 g/mol. The third-order valence-corrected chi connectivity index (χ3v) is 2.80. The summed E-state index contributed by atoms with van der Waals surface area (Å²) >= 11 is 0. The Hall–Kier alpha value is -2.05. The zero-order valence-electron chi connectivity index (χ0n) is 13.4. The molecule has 21 heavy (non-hydrogen) atoms. The maximum absolute atomic E-state index is 10.5. The van der Waals surface area contributed by atoms with Crippen LogP contribution in [0.25, 0.3) is 0 Å². The summed E-state index contributed by atoms with van der Waals surface area (Å²) in [4.78, 5) is 19.7. The van der Waals surface area contributed by atoms with Gasteiger partial charge in [-0.3, -0.25) is 0 Å². The van der Waals surface area contributed by atoms with Gasteiger partial charge in [0.25, 0.3) is 0 Å². The summed E-state index contributed by atoms with van der Waals surface area (Å²) in [5.74, 6) is 2.30. The summed E-state index contributed by atoms with van der Waals surface area (Å²) in [7, 11) is 0. The molecule has 1 aromatic rings. The van der Waals surface area contributed by atoms with E-state index >= 15 is 0 Å². The molecule has 0 aromatic carbocycles. The number of carbonyl (C=O) groups excluding carboxylic acids is 1. The van der Waals surface area contributed by atoms with Crippen molar-refractivity contribution in [3.05, 3.63) is 11.4 Å². The number of amides is 1. The van der Waals surface area contributed by atoms with Crippen LogP contribution in [0.5, 0.6) is 0 Å². The van der Waals surface area contributed by atoms with Crippen molar-refractivity contribution in [2.45, 2.75) is 40.0 Å². The van der Waals surface area contributed by atoms with Crippen molar-refractivity contribution in [2.24, 2.45) is 5.73 Å². The predicted octanol–water partition coefficient (Wildman–Crippen LogP) is 2.02. The van der Waals surface area contributed by atoms with Gasteiger partial charge in [0.2, 0.25) is 0 Å². The van der Waals surface area contributed by atoms with Crippen molar-refractivity contribution < 1.29 is 9.53 Å². The highest BCUT2D eigenvalue weighted by Crippen LogP contribution is 2.26. The third-order valence-electron chi connectivity index (χ3n) is 2.80. The van der Waals surface area contributed by atoms with Gasteiger partial charge in [-0.25, -0.2) is 14.8 Å². The van der Waals surface area contributed by atoms with Crippen LogP contribution in [0.2, 0.25) is 0 Å². The van der Waals surface area contributed by atoms with Gasteiger partial charge in [0.1, 0.15) is 24.1 Å².